The molecule has 2 heterocycles. The molecule has 1 aliphatic heterocycles. The Morgan fingerprint density at radius 3 is 2.79 bits per heavy atom. The number of carbonyl (C=O) groups is 1. The molecule has 1 aliphatic rings. The van der Waals surface area contributed by atoms with E-state index in [0.29, 0.717) is 12.2 Å². The zero-order valence-corrected chi connectivity index (χ0v) is 13.6. The van der Waals surface area contributed by atoms with Crippen molar-refractivity contribution in [1.29, 1.82) is 0 Å². The van der Waals surface area contributed by atoms with Crippen LogP contribution in [0.4, 0.5) is 10.5 Å². The summed E-state index contributed by atoms with van der Waals surface area (Å²) in [5.41, 5.74) is 1.45. The summed E-state index contributed by atoms with van der Waals surface area (Å²) in [6, 6.07) is 8.92. The SMILES string of the molecule is O=C(NCC(O)CN1CCCC1)Nc1ccccc1-n1cccn1. The number of rotatable bonds is 6. The van der Waals surface area contributed by atoms with Gasteiger partial charge in [0.1, 0.15) is 0 Å². The molecule has 1 aromatic carbocycles. The Hall–Kier alpha value is -2.38. The van der Waals surface area contributed by atoms with E-state index in [1.807, 2.05) is 36.5 Å². The molecule has 1 fully saturated rings. The van der Waals surface area contributed by atoms with Crippen molar-refractivity contribution >= 4 is 11.7 Å². The largest absolute Gasteiger partial charge is 0.390 e. The summed E-state index contributed by atoms with van der Waals surface area (Å²) >= 11 is 0. The minimum Gasteiger partial charge on any atom is -0.390 e. The Labute approximate surface area is 141 Å². The van der Waals surface area contributed by atoms with Crippen molar-refractivity contribution in [2.75, 3.05) is 31.5 Å². The number of nitrogens with one attached hydrogen (secondary N) is 2. The predicted molar refractivity (Wildman–Crippen MR) is 92.3 cm³/mol. The maximum absolute atomic E-state index is 12.1. The fourth-order valence-corrected chi connectivity index (χ4v) is 2.90. The van der Waals surface area contributed by atoms with Gasteiger partial charge in [-0.25, -0.2) is 9.48 Å². The molecule has 0 saturated carbocycles. The third-order valence-corrected chi connectivity index (χ3v) is 4.07. The lowest BCUT2D eigenvalue weighted by atomic mass is 10.2. The van der Waals surface area contributed by atoms with Gasteiger partial charge in [-0.15, -0.1) is 0 Å². The number of carbonyl (C=O) groups excluding carboxylic acids is 1. The number of aliphatic hydroxyl groups is 1. The Morgan fingerprint density at radius 1 is 1.25 bits per heavy atom. The van der Waals surface area contributed by atoms with E-state index in [-0.39, 0.29) is 12.6 Å². The Morgan fingerprint density at radius 2 is 2.04 bits per heavy atom. The molecule has 1 saturated heterocycles. The van der Waals surface area contributed by atoms with Gasteiger partial charge in [-0.2, -0.15) is 5.10 Å². The van der Waals surface area contributed by atoms with Gasteiger partial charge in [-0.3, -0.25) is 0 Å². The lowest BCUT2D eigenvalue weighted by molar-refractivity contribution is 0.125. The minimum absolute atomic E-state index is 0.228. The van der Waals surface area contributed by atoms with Crippen LogP contribution in [0, 0.1) is 0 Å². The first-order valence-corrected chi connectivity index (χ1v) is 8.27. The van der Waals surface area contributed by atoms with Crippen molar-refractivity contribution in [2.24, 2.45) is 0 Å². The zero-order valence-electron chi connectivity index (χ0n) is 13.6. The average molecular weight is 329 g/mol. The number of likely N-dealkylation sites (tertiary alicyclic amines) is 1. The lowest BCUT2D eigenvalue weighted by Crippen LogP contribution is -2.40. The molecule has 0 spiro atoms. The summed E-state index contributed by atoms with van der Waals surface area (Å²) in [5.74, 6) is 0. The minimum atomic E-state index is -0.560. The van der Waals surface area contributed by atoms with Crippen LogP contribution in [0.1, 0.15) is 12.8 Å². The van der Waals surface area contributed by atoms with Crippen molar-refractivity contribution in [3.63, 3.8) is 0 Å². The lowest BCUT2D eigenvalue weighted by Gasteiger charge is -2.19. The van der Waals surface area contributed by atoms with E-state index in [9.17, 15) is 9.90 Å². The van der Waals surface area contributed by atoms with Crippen molar-refractivity contribution in [1.82, 2.24) is 20.0 Å². The van der Waals surface area contributed by atoms with Crippen LogP contribution in [-0.4, -0.2) is 58.1 Å². The first-order chi connectivity index (χ1) is 11.7. The Kier molecular flexibility index (Phi) is 5.45. The van der Waals surface area contributed by atoms with E-state index < -0.39 is 6.10 Å². The molecule has 128 valence electrons. The molecule has 2 amide bonds. The Balaban J connectivity index is 1.52. The van der Waals surface area contributed by atoms with Gasteiger partial charge < -0.3 is 20.6 Å². The highest BCUT2D eigenvalue weighted by molar-refractivity contribution is 5.91. The number of nitrogens with zero attached hydrogens (tertiary/aromatic N) is 3. The molecular formula is C17H23N5O2. The van der Waals surface area contributed by atoms with E-state index >= 15 is 0 Å². The third kappa shape index (κ3) is 4.33. The maximum Gasteiger partial charge on any atom is 0.319 e. The number of hydrogen-bond donors (Lipinski definition) is 3. The number of β-amino-alcohol motifs (C(OH)–C–C–N with tert-alkyl or cyclic N) is 1. The van der Waals surface area contributed by atoms with Crippen LogP contribution in [0.15, 0.2) is 42.7 Å². The summed E-state index contributed by atoms with van der Waals surface area (Å²) in [7, 11) is 0. The summed E-state index contributed by atoms with van der Waals surface area (Å²) < 4.78 is 1.69. The number of aromatic nitrogens is 2. The molecule has 0 aliphatic carbocycles. The summed E-state index contributed by atoms with van der Waals surface area (Å²) in [6.07, 6.45) is 5.31. The standard InChI is InChI=1S/C17H23N5O2/c23-14(13-21-9-3-4-10-21)12-18-17(24)20-15-6-1-2-7-16(15)22-11-5-8-19-22/h1-2,5-8,11,14,23H,3-4,9-10,12-13H2,(H2,18,20,24). The number of benzene rings is 1. The van der Waals surface area contributed by atoms with Gasteiger partial charge in [0.05, 0.1) is 17.5 Å². The second kappa shape index (κ2) is 7.94. The van der Waals surface area contributed by atoms with Gasteiger partial charge in [0, 0.05) is 25.5 Å². The van der Waals surface area contributed by atoms with Crippen LogP contribution in [0.5, 0.6) is 0 Å². The number of hydrogen-bond acceptors (Lipinski definition) is 4. The van der Waals surface area contributed by atoms with Crippen molar-refractivity contribution in [3.05, 3.63) is 42.7 Å². The third-order valence-electron chi connectivity index (χ3n) is 4.07. The molecule has 24 heavy (non-hydrogen) atoms. The van der Waals surface area contributed by atoms with E-state index in [2.05, 4.69) is 20.6 Å². The average Bonchev–Trinajstić information content (AvgIpc) is 3.27. The van der Waals surface area contributed by atoms with E-state index in [1.165, 1.54) is 12.8 Å². The molecule has 7 nitrogen and oxygen atoms in total. The number of para-hydroxylation sites is 2. The van der Waals surface area contributed by atoms with Crippen LogP contribution in [-0.2, 0) is 0 Å². The first kappa shape index (κ1) is 16.5. The molecule has 7 heteroatoms. The smallest absolute Gasteiger partial charge is 0.319 e. The van der Waals surface area contributed by atoms with Crippen LogP contribution in [0.25, 0.3) is 5.69 Å². The molecule has 2 aromatic rings. The first-order valence-electron chi connectivity index (χ1n) is 8.27. The Bertz CT molecular complexity index is 653. The zero-order chi connectivity index (χ0) is 16.8. The highest BCUT2D eigenvalue weighted by atomic mass is 16.3. The summed E-state index contributed by atoms with van der Waals surface area (Å²) in [4.78, 5) is 14.3. The monoisotopic (exact) mass is 329 g/mol. The van der Waals surface area contributed by atoms with Crippen LogP contribution < -0.4 is 10.6 Å². The normalized spacial score (nSPS) is 16.0. The number of anilines is 1. The molecule has 1 unspecified atom stereocenters. The van der Waals surface area contributed by atoms with Crippen molar-refractivity contribution in [3.8, 4) is 5.69 Å². The van der Waals surface area contributed by atoms with E-state index in [4.69, 9.17) is 0 Å². The molecule has 0 radical (unpaired) electrons. The number of urea groups is 1. The summed E-state index contributed by atoms with van der Waals surface area (Å²) in [5, 5.41) is 19.7. The van der Waals surface area contributed by atoms with Crippen LogP contribution >= 0.6 is 0 Å². The molecule has 1 atom stereocenters. The van der Waals surface area contributed by atoms with Gasteiger partial charge in [-0.1, -0.05) is 12.1 Å². The second-order valence-corrected chi connectivity index (χ2v) is 5.96. The predicted octanol–water partition coefficient (Wildman–Crippen LogP) is 1.45. The fraction of sp³-hybridized carbons (Fsp3) is 0.412. The van der Waals surface area contributed by atoms with Gasteiger partial charge >= 0.3 is 6.03 Å². The summed E-state index contributed by atoms with van der Waals surface area (Å²) in [6.45, 7) is 2.89. The van der Waals surface area contributed by atoms with Gasteiger partial charge in [0.15, 0.2) is 0 Å². The van der Waals surface area contributed by atoms with Crippen molar-refractivity contribution < 1.29 is 9.90 Å². The molecule has 3 N–H and O–H groups in total. The molecule has 0 bridgehead atoms. The van der Waals surface area contributed by atoms with Crippen molar-refractivity contribution in [2.45, 2.75) is 18.9 Å². The van der Waals surface area contributed by atoms with Crippen LogP contribution in [0.3, 0.4) is 0 Å². The van der Waals surface area contributed by atoms with Gasteiger partial charge in [0.25, 0.3) is 0 Å². The molecule has 3 rings (SSSR count). The fourth-order valence-electron chi connectivity index (χ4n) is 2.90. The second-order valence-electron chi connectivity index (χ2n) is 5.96. The quantitative estimate of drug-likeness (QED) is 0.749. The van der Waals surface area contributed by atoms with Gasteiger partial charge in [0.2, 0.25) is 0 Å². The molecular weight excluding hydrogens is 306 g/mol. The number of amides is 2. The highest BCUT2D eigenvalue weighted by Crippen LogP contribution is 2.18. The van der Waals surface area contributed by atoms with Gasteiger partial charge in [-0.05, 0) is 44.1 Å². The van der Waals surface area contributed by atoms with E-state index in [1.54, 1.807) is 10.9 Å². The number of aliphatic hydroxyl groups excluding tert-OH is 1. The topological polar surface area (TPSA) is 82.4 Å². The molecule has 1 aromatic heterocycles. The highest BCUT2D eigenvalue weighted by Gasteiger charge is 2.16. The maximum atomic E-state index is 12.1. The van der Waals surface area contributed by atoms with Crippen LogP contribution in [0.2, 0.25) is 0 Å². The van der Waals surface area contributed by atoms with E-state index in [0.717, 1.165) is 18.8 Å².